The van der Waals surface area contributed by atoms with E-state index in [0.717, 1.165) is 16.4 Å². The second-order valence-electron chi connectivity index (χ2n) is 7.16. The number of carbonyl (C=O) groups is 1. The first-order valence-corrected chi connectivity index (χ1v) is 11.4. The highest BCUT2D eigenvalue weighted by atomic mass is 32.2. The SMILES string of the molecule is C=CCNC(c1ccc(C(F)(F)F)cc1)C(CN(CC=C)S(=O)(=O)c1ccccc1)C(=O)O. The number of halogens is 3. The standard InChI is InChI=1S/C23H25F3N2O4S/c1-3-14-27-21(17-10-12-18(13-11-17)23(24,25)26)20(22(29)30)16-28(15-4-2)33(31,32)19-8-6-5-7-9-19/h3-13,20-21,27H,1-2,14-16H2,(H,29,30). The van der Waals surface area contributed by atoms with Crippen LogP contribution in [0.3, 0.4) is 0 Å². The molecule has 0 saturated carbocycles. The number of carboxylic acid groups (broad SMARTS) is 1. The Bertz CT molecular complexity index is 1060. The first-order valence-electron chi connectivity index (χ1n) is 9.92. The Hall–Kier alpha value is -2.95. The zero-order chi connectivity index (χ0) is 24.6. The molecule has 0 radical (unpaired) electrons. The molecule has 0 aliphatic rings. The maximum atomic E-state index is 13.1. The summed E-state index contributed by atoms with van der Waals surface area (Å²) in [6, 6.07) is 10.6. The van der Waals surface area contributed by atoms with Crippen LogP contribution in [0.25, 0.3) is 0 Å². The maximum absolute atomic E-state index is 13.1. The summed E-state index contributed by atoms with van der Waals surface area (Å²) < 4.78 is 66.1. The van der Waals surface area contributed by atoms with E-state index in [2.05, 4.69) is 18.5 Å². The Balaban J connectivity index is 2.46. The van der Waals surface area contributed by atoms with Gasteiger partial charge in [0, 0.05) is 25.7 Å². The summed E-state index contributed by atoms with van der Waals surface area (Å²) in [5, 5.41) is 12.9. The molecule has 0 aliphatic heterocycles. The predicted molar refractivity (Wildman–Crippen MR) is 119 cm³/mol. The molecular weight excluding hydrogens is 457 g/mol. The second kappa shape index (κ2) is 11.3. The summed E-state index contributed by atoms with van der Waals surface area (Å²) in [5.41, 5.74) is -0.603. The fourth-order valence-corrected chi connectivity index (χ4v) is 4.74. The third-order valence-electron chi connectivity index (χ3n) is 4.91. The van der Waals surface area contributed by atoms with Crippen molar-refractivity contribution in [1.29, 1.82) is 0 Å². The second-order valence-corrected chi connectivity index (χ2v) is 9.10. The van der Waals surface area contributed by atoms with Gasteiger partial charge in [0.2, 0.25) is 10.0 Å². The number of nitrogens with one attached hydrogen (secondary N) is 1. The lowest BCUT2D eigenvalue weighted by Gasteiger charge is -2.30. The van der Waals surface area contributed by atoms with Gasteiger partial charge < -0.3 is 10.4 Å². The monoisotopic (exact) mass is 482 g/mol. The van der Waals surface area contributed by atoms with Crippen LogP contribution < -0.4 is 5.32 Å². The molecule has 2 atom stereocenters. The molecule has 0 fully saturated rings. The van der Waals surface area contributed by atoms with Gasteiger partial charge in [0.1, 0.15) is 0 Å². The Labute approximate surface area is 191 Å². The van der Waals surface area contributed by atoms with E-state index in [-0.39, 0.29) is 23.5 Å². The lowest BCUT2D eigenvalue weighted by molar-refractivity contribution is -0.143. The van der Waals surface area contributed by atoms with E-state index in [4.69, 9.17) is 0 Å². The molecule has 33 heavy (non-hydrogen) atoms. The average Bonchev–Trinajstić information content (AvgIpc) is 2.78. The van der Waals surface area contributed by atoms with E-state index in [1.807, 2.05) is 0 Å². The minimum Gasteiger partial charge on any atom is -0.481 e. The Morgan fingerprint density at radius 3 is 2.15 bits per heavy atom. The van der Waals surface area contributed by atoms with E-state index in [1.165, 1.54) is 36.4 Å². The number of aliphatic carboxylic acids is 1. The third kappa shape index (κ3) is 6.77. The Morgan fingerprint density at radius 2 is 1.67 bits per heavy atom. The molecule has 178 valence electrons. The van der Waals surface area contributed by atoms with Crippen molar-refractivity contribution >= 4 is 16.0 Å². The van der Waals surface area contributed by atoms with Crippen LogP contribution in [-0.4, -0.2) is 43.4 Å². The first kappa shape index (κ1) is 26.3. The third-order valence-corrected chi connectivity index (χ3v) is 6.76. The van der Waals surface area contributed by atoms with Gasteiger partial charge in [-0.1, -0.05) is 42.5 Å². The van der Waals surface area contributed by atoms with Crippen molar-refractivity contribution in [2.75, 3.05) is 19.6 Å². The van der Waals surface area contributed by atoms with Crippen LogP contribution in [0.2, 0.25) is 0 Å². The van der Waals surface area contributed by atoms with Gasteiger partial charge in [-0.15, -0.1) is 13.2 Å². The molecule has 0 aliphatic carbocycles. The van der Waals surface area contributed by atoms with Crippen molar-refractivity contribution in [2.45, 2.75) is 17.1 Å². The summed E-state index contributed by atoms with van der Waals surface area (Å²) in [6.45, 7) is 6.69. The van der Waals surface area contributed by atoms with Gasteiger partial charge in [-0.05, 0) is 29.8 Å². The molecule has 6 nitrogen and oxygen atoms in total. The quantitative estimate of drug-likeness (QED) is 0.445. The summed E-state index contributed by atoms with van der Waals surface area (Å²) in [5.74, 6) is -2.63. The zero-order valence-electron chi connectivity index (χ0n) is 17.7. The molecule has 0 bridgehead atoms. The highest BCUT2D eigenvalue weighted by Gasteiger charge is 2.36. The van der Waals surface area contributed by atoms with Crippen LogP contribution in [0.1, 0.15) is 17.2 Å². The number of nitrogens with zero attached hydrogens (tertiary/aromatic N) is 1. The van der Waals surface area contributed by atoms with Crippen LogP contribution in [0.5, 0.6) is 0 Å². The Morgan fingerprint density at radius 1 is 1.06 bits per heavy atom. The molecule has 2 N–H and O–H groups in total. The van der Waals surface area contributed by atoms with Gasteiger partial charge in [-0.2, -0.15) is 17.5 Å². The minimum atomic E-state index is -4.54. The fourth-order valence-electron chi connectivity index (χ4n) is 3.28. The van der Waals surface area contributed by atoms with E-state index >= 15 is 0 Å². The van der Waals surface area contributed by atoms with Gasteiger partial charge in [0.25, 0.3) is 0 Å². The predicted octanol–water partition coefficient (Wildman–Crippen LogP) is 4.10. The van der Waals surface area contributed by atoms with Gasteiger partial charge in [0.15, 0.2) is 0 Å². The number of carboxylic acids is 1. The Kier molecular flexibility index (Phi) is 8.98. The summed E-state index contributed by atoms with van der Waals surface area (Å²) in [6.07, 6.45) is -1.73. The normalized spacial score (nSPS) is 13.9. The molecule has 0 amide bonds. The summed E-state index contributed by atoms with van der Waals surface area (Å²) >= 11 is 0. The van der Waals surface area contributed by atoms with Crippen LogP contribution in [0.15, 0.2) is 84.8 Å². The maximum Gasteiger partial charge on any atom is 0.416 e. The van der Waals surface area contributed by atoms with Crippen LogP contribution in [-0.2, 0) is 21.0 Å². The molecule has 0 saturated heterocycles. The number of benzene rings is 2. The van der Waals surface area contributed by atoms with E-state index in [1.54, 1.807) is 18.2 Å². The van der Waals surface area contributed by atoms with Crippen LogP contribution in [0.4, 0.5) is 13.2 Å². The van der Waals surface area contributed by atoms with Gasteiger partial charge >= 0.3 is 12.1 Å². The highest BCUT2D eigenvalue weighted by Crippen LogP contribution is 2.32. The number of alkyl halides is 3. The van der Waals surface area contributed by atoms with Crippen molar-refractivity contribution in [1.82, 2.24) is 9.62 Å². The van der Waals surface area contributed by atoms with Gasteiger partial charge in [-0.25, -0.2) is 8.42 Å². The van der Waals surface area contributed by atoms with E-state index in [9.17, 15) is 31.5 Å². The molecular formula is C23H25F3N2O4S. The lowest BCUT2D eigenvalue weighted by Crippen LogP contribution is -2.43. The van der Waals surface area contributed by atoms with Crippen LogP contribution >= 0.6 is 0 Å². The average molecular weight is 483 g/mol. The van der Waals surface area contributed by atoms with Gasteiger partial charge in [-0.3, -0.25) is 4.79 Å². The van der Waals surface area contributed by atoms with Crippen molar-refractivity contribution in [3.05, 3.63) is 91.0 Å². The molecule has 0 spiro atoms. The van der Waals surface area contributed by atoms with E-state index in [0.29, 0.717) is 0 Å². The molecule has 0 heterocycles. The summed E-state index contributed by atoms with van der Waals surface area (Å²) in [7, 11) is -4.05. The number of hydrogen-bond acceptors (Lipinski definition) is 4. The molecule has 2 rings (SSSR count). The number of hydrogen-bond donors (Lipinski definition) is 2. The van der Waals surface area contributed by atoms with Crippen LogP contribution in [0, 0.1) is 5.92 Å². The van der Waals surface area contributed by atoms with Crippen molar-refractivity contribution in [3.63, 3.8) is 0 Å². The fraction of sp³-hybridized carbons (Fsp3) is 0.261. The van der Waals surface area contributed by atoms with Gasteiger partial charge in [0.05, 0.1) is 16.4 Å². The zero-order valence-corrected chi connectivity index (χ0v) is 18.5. The highest BCUT2D eigenvalue weighted by molar-refractivity contribution is 7.89. The largest absolute Gasteiger partial charge is 0.481 e. The molecule has 2 unspecified atom stereocenters. The number of sulfonamides is 1. The minimum absolute atomic E-state index is 0.0129. The number of rotatable bonds is 12. The van der Waals surface area contributed by atoms with Crippen molar-refractivity contribution in [2.24, 2.45) is 5.92 Å². The van der Waals surface area contributed by atoms with Crippen molar-refractivity contribution < 1.29 is 31.5 Å². The summed E-state index contributed by atoms with van der Waals surface area (Å²) in [4.78, 5) is 12.2. The van der Waals surface area contributed by atoms with Crippen molar-refractivity contribution in [3.8, 4) is 0 Å². The lowest BCUT2D eigenvalue weighted by atomic mass is 9.92. The molecule has 10 heteroatoms. The molecule has 0 aromatic heterocycles. The topological polar surface area (TPSA) is 86.7 Å². The first-order chi connectivity index (χ1) is 15.5. The molecule has 2 aromatic rings. The van der Waals surface area contributed by atoms with E-state index < -0.39 is 46.2 Å². The smallest absolute Gasteiger partial charge is 0.416 e. The molecule has 2 aromatic carbocycles.